The summed E-state index contributed by atoms with van der Waals surface area (Å²) >= 11 is 0. The van der Waals surface area contributed by atoms with E-state index < -0.39 is 0 Å². The highest BCUT2D eigenvalue weighted by molar-refractivity contribution is 5.85. The van der Waals surface area contributed by atoms with E-state index in [4.69, 9.17) is 9.57 Å². The molecule has 130 valence electrons. The van der Waals surface area contributed by atoms with Gasteiger partial charge in [0.15, 0.2) is 0 Å². The molecule has 0 radical (unpaired) electrons. The molecule has 24 heavy (non-hydrogen) atoms. The first-order valence-corrected chi connectivity index (χ1v) is 8.75. The zero-order valence-electron chi connectivity index (χ0n) is 14.0. The summed E-state index contributed by atoms with van der Waals surface area (Å²) in [7, 11) is 0. The van der Waals surface area contributed by atoms with Gasteiger partial charge in [0, 0.05) is 5.92 Å². The topological polar surface area (TPSA) is 93.6 Å². The minimum absolute atomic E-state index is 0.0276. The van der Waals surface area contributed by atoms with Crippen LogP contribution in [0.2, 0.25) is 0 Å². The zero-order valence-corrected chi connectivity index (χ0v) is 14.0. The average Bonchev–Trinajstić information content (AvgIpc) is 3.06. The van der Waals surface area contributed by atoms with Gasteiger partial charge in [-0.2, -0.15) is 4.98 Å². The molecule has 0 spiro atoms. The number of H-pyrrole nitrogens is 1. The van der Waals surface area contributed by atoms with E-state index in [1.54, 1.807) is 0 Å². The molecule has 1 aliphatic carbocycles. The molecule has 0 saturated heterocycles. The van der Waals surface area contributed by atoms with Crippen LogP contribution in [0.5, 0.6) is 11.9 Å². The molecule has 0 aromatic carbocycles. The number of fused-ring (bicyclic) bond motifs is 1. The summed E-state index contributed by atoms with van der Waals surface area (Å²) in [6.07, 6.45) is 8.16. The van der Waals surface area contributed by atoms with Gasteiger partial charge in [-0.15, -0.1) is 0 Å². The van der Waals surface area contributed by atoms with Crippen molar-refractivity contribution in [1.82, 2.24) is 9.97 Å². The zero-order chi connectivity index (χ0) is 16.9. The fourth-order valence-electron chi connectivity index (χ4n) is 3.25. The van der Waals surface area contributed by atoms with Crippen LogP contribution < -0.4 is 15.1 Å². The Balaban J connectivity index is 1.80. The van der Waals surface area contributed by atoms with Crippen LogP contribution in [0, 0.1) is 0 Å². The fourth-order valence-corrected chi connectivity index (χ4v) is 3.25. The summed E-state index contributed by atoms with van der Waals surface area (Å²) < 4.78 is 5.16. The highest BCUT2D eigenvalue weighted by Gasteiger charge is 2.31. The van der Waals surface area contributed by atoms with Gasteiger partial charge < -0.3 is 9.57 Å². The lowest BCUT2D eigenvalue weighted by Crippen LogP contribution is -2.28. The number of esters is 1. The summed E-state index contributed by atoms with van der Waals surface area (Å²) in [5.74, 6) is -0.424. The molecular formula is C17H23N3O4. The molecule has 2 heterocycles. The Bertz CT molecular complexity index is 688. The smallest absolute Gasteiger partial charge is 0.329 e. The molecule has 1 aliphatic heterocycles. The number of rotatable bonds is 6. The molecule has 2 aliphatic rings. The van der Waals surface area contributed by atoms with Crippen LogP contribution in [-0.4, -0.2) is 21.6 Å². The van der Waals surface area contributed by atoms with E-state index in [-0.39, 0.29) is 35.8 Å². The summed E-state index contributed by atoms with van der Waals surface area (Å²) in [4.78, 5) is 36.2. The minimum atomic E-state index is -0.352. The Hall–Kier alpha value is -2.18. The molecule has 3 rings (SSSR count). The molecular weight excluding hydrogens is 310 g/mol. The Morgan fingerprint density at radius 3 is 2.83 bits per heavy atom. The third-order valence-electron chi connectivity index (χ3n) is 4.53. The lowest BCUT2D eigenvalue weighted by molar-refractivity contribution is -0.136. The Labute approximate surface area is 140 Å². The van der Waals surface area contributed by atoms with Gasteiger partial charge in [-0.25, -0.2) is 0 Å². The third kappa shape index (κ3) is 3.83. The monoisotopic (exact) mass is 333 g/mol. The van der Waals surface area contributed by atoms with E-state index in [1.807, 2.05) is 0 Å². The second kappa shape index (κ2) is 7.59. The SMILES string of the molecule is CCCCCC1CC(=O)Oc2nc(ON=C3CCCC3)[nH]c(=O)c21. The largest absolute Gasteiger partial charge is 0.407 e. The number of aromatic nitrogens is 2. The Kier molecular flexibility index (Phi) is 5.27. The van der Waals surface area contributed by atoms with E-state index in [0.29, 0.717) is 5.56 Å². The summed E-state index contributed by atoms with van der Waals surface area (Å²) in [6.45, 7) is 2.12. The number of unbranched alkanes of at least 4 members (excludes halogenated alkanes) is 2. The molecule has 1 aromatic rings. The van der Waals surface area contributed by atoms with Gasteiger partial charge in [0.2, 0.25) is 5.88 Å². The van der Waals surface area contributed by atoms with Crippen molar-refractivity contribution in [3.05, 3.63) is 15.9 Å². The second-order valence-electron chi connectivity index (χ2n) is 6.42. The number of aromatic amines is 1. The molecule has 1 saturated carbocycles. The maximum absolute atomic E-state index is 12.4. The molecule has 1 fully saturated rings. The van der Waals surface area contributed by atoms with Crippen LogP contribution in [0.1, 0.15) is 76.2 Å². The summed E-state index contributed by atoms with van der Waals surface area (Å²) in [6, 6.07) is -0.0276. The lowest BCUT2D eigenvalue weighted by atomic mass is 9.90. The van der Waals surface area contributed by atoms with Crippen molar-refractivity contribution in [3.63, 3.8) is 0 Å². The van der Waals surface area contributed by atoms with E-state index >= 15 is 0 Å². The second-order valence-corrected chi connectivity index (χ2v) is 6.42. The van der Waals surface area contributed by atoms with E-state index in [0.717, 1.165) is 57.1 Å². The normalized spacial score (nSPS) is 19.8. The van der Waals surface area contributed by atoms with Crippen molar-refractivity contribution < 1.29 is 14.4 Å². The Morgan fingerprint density at radius 1 is 1.29 bits per heavy atom. The lowest BCUT2D eigenvalue weighted by Gasteiger charge is -2.22. The van der Waals surface area contributed by atoms with Crippen molar-refractivity contribution in [2.45, 2.75) is 70.6 Å². The molecule has 7 nitrogen and oxygen atoms in total. The van der Waals surface area contributed by atoms with Crippen LogP contribution in [0.3, 0.4) is 0 Å². The van der Waals surface area contributed by atoms with Gasteiger partial charge >= 0.3 is 12.0 Å². The molecule has 1 atom stereocenters. The van der Waals surface area contributed by atoms with E-state index in [2.05, 4.69) is 22.0 Å². The molecule has 0 amide bonds. The first-order valence-electron chi connectivity index (χ1n) is 8.75. The Morgan fingerprint density at radius 2 is 2.08 bits per heavy atom. The number of ether oxygens (including phenoxy) is 1. The first kappa shape index (κ1) is 16.7. The summed E-state index contributed by atoms with van der Waals surface area (Å²) in [5.41, 5.74) is 1.10. The van der Waals surface area contributed by atoms with Gasteiger partial charge in [0.05, 0.1) is 17.7 Å². The maximum Gasteiger partial charge on any atom is 0.329 e. The molecule has 1 N–H and O–H groups in total. The van der Waals surface area contributed by atoms with Gasteiger partial charge in [-0.1, -0.05) is 31.3 Å². The molecule has 1 aromatic heterocycles. The van der Waals surface area contributed by atoms with Crippen molar-refractivity contribution in [2.75, 3.05) is 0 Å². The highest BCUT2D eigenvalue weighted by atomic mass is 16.6. The first-order chi connectivity index (χ1) is 11.7. The molecule has 0 bridgehead atoms. The van der Waals surface area contributed by atoms with Crippen molar-refractivity contribution in [1.29, 1.82) is 0 Å². The van der Waals surface area contributed by atoms with Gasteiger partial charge in [0.25, 0.3) is 5.56 Å². The van der Waals surface area contributed by atoms with Crippen molar-refractivity contribution in [2.24, 2.45) is 5.16 Å². The third-order valence-corrected chi connectivity index (χ3v) is 4.53. The summed E-state index contributed by atoms with van der Waals surface area (Å²) in [5, 5.41) is 4.03. The quantitative estimate of drug-likeness (QED) is 0.490. The fraction of sp³-hybridized carbons (Fsp3) is 0.647. The number of nitrogens with one attached hydrogen (secondary N) is 1. The van der Waals surface area contributed by atoms with Gasteiger partial charge in [-0.3, -0.25) is 14.6 Å². The molecule has 7 heteroatoms. The van der Waals surface area contributed by atoms with Crippen molar-refractivity contribution in [3.8, 4) is 11.9 Å². The maximum atomic E-state index is 12.4. The standard InChI is InChI=1S/C17H23N3O4/c1-2-3-4-7-11-10-13(21)23-16-14(11)15(22)18-17(19-16)24-20-12-8-5-6-9-12/h11H,2-10H2,1H3,(H,18,19,22). The van der Waals surface area contributed by atoms with Gasteiger partial charge in [-0.05, 0) is 32.1 Å². The highest BCUT2D eigenvalue weighted by Crippen LogP contribution is 2.34. The average molecular weight is 333 g/mol. The van der Waals surface area contributed by atoms with Crippen LogP contribution in [0.4, 0.5) is 0 Å². The van der Waals surface area contributed by atoms with Gasteiger partial charge in [0.1, 0.15) is 0 Å². The van der Waals surface area contributed by atoms with Crippen LogP contribution in [-0.2, 0) is 4.79 Å². The van der Waals surface area contributed by atoms with E-state index in [9.17, 15) is 9.59 Å². The van der Waals surface area contributed by atoms with Crippen LogP contribution >= 0.6 is 0 Å². The van der Waals surface area contributed by atoms with Crippen molar-refractivity contribution >= 4 is 11.7 Å². The predicted octanol–water partition coefficient (Wildman–Crippen LogP) is 3.05. The number of nitrogens with zero attached hydrogens (tertiary/aromatic N) is 2. The number of hydrogen-bond acceptors (Lipinski definition) is 6. The molecule has 1 unspecified atom stereocenters. The van der Waals surface area contributed by atoms with E-state index in [1.165, 1.54) is 0 Å². The number of carbonyl (C=O) groups excluding carboxylic acids is 1. The number of oxime groups is 1. The van der Waals surface area contributed by atoms with Crippen LogP contribution in [0.15, 0.2) is 9.95 Å². The predicted molar refractivity (Wildman–Crippen MR) is 88.5 cm³/mol. The number of hydrogen-bond donors (Lipinski definition) is 1. The number of carbonyl (C=O) groups is 1. The van der Waals surface area contributed by atoms with Crippen LogP contribution in [0.25, 0.3) is 0 Å². The minimum Gasteiger partial charge on any atom is -0.407 e.